The van der Waals surface area contributed by atoms with Gasteiger partial charge in [0.2, 0.25) is 0 Å². The maximum Gasteiger partial charge on any atom is 0.410 e. The zero-order valence-corrected chi connectivity index (χ0v) is 10.7. The van der Waals surface area contributed by atoms with Crippen LogP contribution in [0.1, 0.15) is 27.2 Å². The molecular formula is C12H20N2O3. The van der Waals surface area contributed by atoms with E-state index in [9.17, 15) is 9.59 Å². The van der Waals surface area contributed by atoms with E-state index in [2.05, 4.69) is 5.32 Å². The largest absolute Gasteiger partial charge is 0.444 e. The molecule has 1 amide bonds. The number of amides is 1. The minimum absolute atomic E-state index is 0.274. The molecule has 0 atom stereocenters. The van der Waals surface area contributed by atoms with Crippen molar-refractivity contribution < 1.29 is 14.3 Å². The summed E-state index contributed by atoms with van der Waals surface area (Å²) in [6, 6.07) is 0. The van der Waals surface area contributed by atoms with Crippen LogP contribution in [0.25, 0.3) is 0 Å². The average molecular weight is 240 g/mol. The first-order valence-corrected chi connectivity index (χ1v) is 6.04. The van der Waals surface area contributed by atoms with E-state index in [1.165, 1.54) is 0 Å². The van der Waals surface area contributed by atoms with Crippen LogP contribution < -0.4 is 5.32 Å². The second-order valence-electron chi connectivity index (χ2n) is 5.97. The number of nitrogens with one attached hydrogen (secondary N) is 1. The summed E-state index contributed by atoms with van der Waals surface area (Å²) in [5.41, 5.74) is -0.816. The molecule has 0 unspecified atom stereocenters. The van der Waals surface area contributed by atoms with Gasteiger partial charge in [-0.2, -0.15) is 0 Å². The van der Waals surface area contributed by atoms with Crippen LogP contribution in [-0.4, -0.2) is 48.6 Å². The Labute approximate surface area is 101 Å². The highest BCUT2D eigenvalue weighted by Gasteiger charge is 2.52. The molecule has 0 bridgehead atoms. The maximum absolute atomic E-state index is 11.8. The van der Waals surface area contributed by atoms with Gasteiger partial charge < -0.3 is 15.0 Å². The van der Waals surface area contributed by atoms with Crippen molar-refractivity contribution in [2.45, 2.75) is 32.8 Å². The van der Waals surface area contributed by atoms with Crippen LogP contribution in [0, 0.1) is 5.41 Å². The van der Waals surface area contributed by atoms with Gasteiger partial charge in [0, 0.05) is 32.6 Å². The van der Waals surface area contributed by atoms with Crippen LogP contribution in [0.15, 0.2) is 0 Å². The molecule has 2 rings (SSSR count). The molecule has 1 spiro atoms. The number of Topliss-reactive ketones (excluding diaryl/α,β-unsaturated/α-hetero) is 1. The molecule has 1 N–H and O–H groups in total. The Kier molecular flexibility index (Phi) is 2.89. The zero-order chi connectivity index (χ0) is 12.7. The van der Waals surface area contributed by atoms with Gasteiger partial charge in [-0.3, -0.25) is 4.79 Å². The Balaban J connectivity index is 1.89. The number of ether oxygens (including phenoxy) is 1. The number of nitrogens with zero attached hydrogens (tertiary/aromatic N) is 1. The number of hydrogen-bond donors (Lipinski definition) is 1. The molecule has 96 valence electrons. The molecule has 5 nitrogen and oxygen atoms in total. The zero-order valence-electron chi connectivity index (χ0n) is 10.7. The fraction of sp³-hybridized carbons (Fsp3) is 0.833. The Morgan fingerprint density at radius 2 is 2.06 bits per heavy atom. The van der Waals surface area contributed by atoms with E-state index in [0.29, 0.717) is 26.1 Å². The summed E-state index contributed by atoms with van der Waals surface area (Å²) in [6.45, 7) is 7.95. The molecule has 0 aromatic carbocycles. The van der Waals surface area contributed by atoms with E-state index in [1.807, 2.05) is 20.8 Å². The monoisotopic (exact) mass is 240 g/mol. The highest BCUT2D eigenvalue weighted by Crippen LogP contribution is 2.34. The van der Waals surface area contributed by atoms with Crippen molar-refractivity contribution in [3.05, 3.63) is 0 Å². The maximum atomic E-state index is 11.8. The van der Waals surface area contributed by atoms with Crippen molar-refractivity contribution in [2.75, 3.05) is 26.2 Å². The predicted octanol–water partition coefficient (Wildman–Crippen LogP) is 0.786. The first-order valence-electron chi connectivity index (χ1n) is 6.04. The Morgan fingerprint density at radius 3 is 2.59 bits per heavy atom. The molecule has 0 aliphatic carbocycles. The lowest BCUT2D eigenvalue weighted by molar-refractivity contribution is -0.140. The average Bonchev–Trinajstić information content (AvgIpc) is 2.12. The van der Waals surface area contributed by atoms with E-state index in [0.717, 1.165) is 6.54 Å². The fourth-order valence-electron chi connectivity index (χ4n) is 2.32. The van der Waals surface area contributed by atoms with E-state index in [4.69, 9.17) is 4.74 Å². The summed E-state index contributed by atoms with van der Waals surface area (Å²) < 4.78 is 5.27. The third-order valence-corrected chi connectivity index (χ3v) is 3.22. The molecule has 2 fully saturated rings. The van der Waals surface area contributed by atoms with Crippen molar-refractivity contribution in [3.8, 4) is 0 Å². The topological polar surface area (TPSA) is 58.6 Å². The molecule has 0 aromatic heterocycles. The first kappa shape index (κ1) is 12.4. The Bertz CT molecular complexity index is 340. The summed E-state index contributed by atoms with van der Waals surface area (Å²) in [7, 11) is 0. The van der Waals surface area contributed by atoms with E-state index in [1.54, 1.807) is 4.90 Å². The van der Waals surface area contributed by atoms with Crippen molar-refractivity contribution in [1.82, 2.24) is 10.2 Å². The number of hydrogen-bond acceptors (Lipinski definition) is 4. The summed E-state index contributed by atoms with van der Waals surface area (Å²) in [6.07, 6.45) is 0.254. The molecule has 5 heteroatoms. The second-order valence-corrected chi connectivity index (χ2v) is 5.97. The van der Waals surface area contributed by atoms with Crippen LogP contribution in [-0.2, 0) is 9.53 Å². The molecule has 2 aliphatic heterocycles. The minimum Gasteiger partial charge on any atom is -0.444 e. The second kappa shape index (κ2) is 3.98. The van der Waals surface area contributed by atoms with Crippen LogP contribution in [0.4, 0.5) is 4.79 Å². The van der Waals surface area contributed by atoms with Crippen LogP contribution in [0.5, 0.6) is 0 Å². The molecule has 2 aliphatic rings. The van der Waals surface area contributed by atoms with Gasteiger partial charge >= 0.3 is 6.09 Å². The Morgan fingerprint density at radius 1 is 1.41 bits per heavy atom. The normalized spacial score (nSPS) is 23.5. The van der Waals surface area contributed by atoms with E-state index < -0.39 is 5.60 Å². The number of ketones is 1. The van der Waals surface area contributed by atoms with Gasteiger partial charge in [0.25, 0.3) is 0 Å². The number of rotatable bonds is 0. The number of likely N-dealkylation sites (tertiary alicyclic amines) is 1. The van der Waals surface area contributed by atoms with Crippen LogP contribution in [0.2, 0.25) is 0 Å². The highest BCUT2D eigenvalue weighted by molar-refractivity contribution is 5.89. The molecule has 0 radical (unpaired) electrons. The third kappa shape index (κ3) is 2.44. The molecule has 0 saturated carbocycles. The van der Waals surface area contributed by atoms with E-state index in [-0.39, 0.29) is 17.3 Å². The highest BCUT2D eigenvalue weighted by atomic mass is 16.6. The van der Waals surface area contributed by atoms with Crippen LogP contribution in [0.3, 0.4) is 0 Å². The fourth-order valence-corrected chi connectivity index (χ4v) is 2.32. The number of carbonyl (C=O) groups is 2. The van der Waals surface area contributed by atoms with Crippen molar-refractivity contribution in [3.63, 3.8) is 0 Å². The first-order chi connectivity index (χ1) is 7.82. The van der Waals surface area contributed by atoms with Gasteiger partial charge in [-0.15, -0.1) is 0 Å². The molecular weight excluding hydrogens is 220 g/mol. The Hall–Kier alpha value is -1.10. The number of piperidine rings is 1. The summed E-state index contributed by atoms with van der Waals surface area (Å²) in [4.78, 5) is 25.2. The van der Waals surface area contributed by atoms with Crippen molar-refractivity contribution in [1.29, 1.82) is 0 Å². The van der Waals surface area contributed by atoms with E-state index >= 15 is 0 Å². The van der Waals surface area contributed by atoms with Gasteiger partial charge in [0.05, 0.1) is 5.41 Å². The molecule has 0 aromatic rings. The van der Waals surface area contributed by atoms with Gasteiger partial charge in [0.15, 0.2) is 0 Å². The summed E-state index contributed by atoms with van der Waals surface area (Å²) in [5, 5.41) is 3.22. The summed E-state index contributed by atoms with van der Waals surface area (Å²) >= 11 is 0. The molecule has 2 heterocycles. The molecule has 17 heavy (non-hydrogen) atoms. The summed E-state index contributed by atoms with van der Waals surface area (Å²) in [5.74, 6) is 0.274. The standard InChI is InChI=1S/C12H20N2O3/c1-11(2,3)17-10(16)14-7-12(8-14)6-13-5-4-9(12)15/h13H,4-8H2,1-3H3. The lowest BCUT2D eigenvalue weighted by Crippen LogP contribution is -2.68. The van der Waals surface area contributed by atoms with Gasteiger partial charge in [-0.25, -0.2) is 4.79 Å². The molecule has 2 saturated heterocycles. The van der Waals surface area contributed by atoms with Gasteiger partial charge in [0.1, 0.15) is 11.4 Å². The predicted molar refractivity (Wildman–Crippen MR) is 62.7 cm³/mol. The van der Waals surface area contributed by atoms with Crippen molar-refractivity contribution in [2.24, 2.45) is 5.41 Å². The smallest absolute Gasteiger partial charge is 0.410 e. The minimum atomic E-state index is -0.478. The third-order valence-electron chi connectivity index (χ3n) is 3.22. The SMILES string of the molecule is CC(C)(C)OC(=O)N1CC2(CNCCC2=O)C1. The van der Waals surface area contributed by atoms with Gasteiger partial charge in [-0.1, -0.05) is 0 Å². The lowest BCUT2D eigenvalue weighted by atomic mass is 9.73. The van der Waals surface area contributed by atoms with Gasteiger partial charge in [-0.05, 0) is 20.8 Å². The lowest BCUT2D eigenvalue weighted by Gasteiger charge is -2.50. The van der Waals surface area contributed by atoms with Crippen molar-refractivity contribution >= 4 is 11.9 Å². The number of carbonyl (C=O) groups excluding carboxylic acids is 2. The quantitative estimate of drug-likeness (QED) is 0.680. The van der Waals surface area contributed by atoms with Crippen LogP contribution >= 0.6 is 0 Å².